The molecule has 2 atom stereocenters. The fourth-order valence-corrected chi connectivity index (χ4v) is 3.58. The maximum atomic E-state index is 12.5. The van der Waals surface area contributed by atoms with Gasteiger partial charge in [0, 0.05) is 32.0 Å². The molecule has 1 saturated heterocycles. The number of benzene rings is 1. The van der Waals surface area contributed by atoms with Crippen LogP contribution in [0.5, 0.6) is 0 Å². The van der Waals surface area contributed by atoms with Gasteiger partial charge in [-0.1, -0.05) is 19.1 Å². The summed E-state index contributed by atoms with van der Waals surface area (Å²) in [5.74, 6) is 0.532. The number of carbonyl (C=O) groups is 2. The molecule has 10 heteroatoms. The van der Waals surface area contributed by atoms with Gasteiger partial charge in [-0.3, -0.25) is 14.7 Å². The molecule has 3 N–H and O–H groups in total. The third-order valence-electron chi connectivity index (χ3n) is 5.70. The summed E-state index contributed by atoms with van der Waals surface area (Å²) in [6.45, 7) is 9.33. The molecule has 1 fully saturated rings. The molecule has 3 amide bonds. The van der Waals surface area contributed by atoms with Crippen molar-refractivity contribution in [1.29, 1.82) is 0 Å². The van der Waals surface area contributed by atoms with E-state index in [0.717, 1.165) is 17.8 Å². The number of aliphatic imine (C=N–C) groups is 1. The Bertz CT molecular complexity index is 963. The Morgan fingerprint density at radius 1 is 1.27 bits per heavy atom. The average molecular weight is 567 g/mol. The highest BCUT2D eigenvalue weighted by molar-refractivity contribution is 14.0. The number of nitrogens with zero attached hydrogens (tertiary/aromatic N) is 4. The molecule has 0 aliphatic carbocycles. The summed E-state index contributed by atoms with van der Waals surface area (Å²) in [5, 5.41) is 13.7. The summed E-state index contributed by atoms with van der Waals surface area (Å²) >= 11 is 0. The Labute approximate surface area is 212 Å². The summed E-state index contributed by atoms with van der Waals surface area (Å²) in [7, 11) is 0. The summed E-state index contributed by atoms with van der Waals surface area (Å²) in [6.07, 6.45) is 4.84. The first-order valence-electron chi connectivity index (χ1n) is 11.2. The van der Waals surface area contributed by atoms with Gasteiger partial charge in [0.15, 0.2) is 5.96 Å². The van der Waals surface area contributed by atoms with Gasteiger partial charge in [0.2, 0.25) is 0 Å². The van der Waals surface area contributed by atoms with Crippen molar-refractivity contribution in [3.63, 3.8) is 0 Å². The fourth-order valence-electron chi connectivity index (χ4n) is 3.58. The molecule has 3 rings (SSSR count). The van der Waals surface area contributed by atoms with Crippen LogP contribution in [-0.2, 0) is 4.79 Å². The van der Waals surface area contributed by atoms with Gasteiger partial charge in [0.05, 0.1) is 11.7 Å². The SMILES string of the molecule is CCNC(=NCCCN1C(=O)NC(C)(CC)C1=O)NC(C)c1cccc(-n2cccn2)c1.I. The largest absolute Gasteiger partial charge is 0.357 e. The third-order valence-corrected chi connectivity index (χ3v) is 5.70. The van der Waals surface area contributed by atoms with E-state index in [4.69, 9.17) is 0 Å². The highest BCUT2D eigenvalue weighted by Gasteiger charge is 2.45. The van der Waals surface area contributed by atoms with Crippen LogP contribution in [0.3, 0.4) is 0 Å². The van der Waals surface area contributed by atoms with Crippen LogP contribution in [-0.4, -0.2) is 57.8 Å². The Morgan fingerprint density at radius 3 is 2.70 bits per heavy atom. The van der Waals surface area contributed by atoms with Gasteiger partial charge in [-0.25, -0.2) is 9.48 Å². The first-order chi connectivity index (χ1) is 15.4. The molecular weight excluding hydrogens is 533 g/mol. The van der Waals surface area contributed by atoms with Crippen LogP contribution in [0.25, 0.3) is 5.69 Å². The number of halogens is 1. The van der Waals surface area contributed by atoms with Crippen LogP contribution in [0.2, 0.25) is 0 Å². The Morgan fingerprint density at radius 2 is 2.06 bits per heavy atom. The molecule has 180 valence electrons. The zero-order valence-electron chi connectivity index (χ0n) is 19.7. The normalized spacial score (nSPS) is 19.2. The van der Waals surface area contributed by atoms with Crippen LogP contribution in [0.1, 0.15) is 52.1 Å². The van der Waals surface area contributed by atoms with Crippen LogP contribution >= 0.6 is 24.0 Å². The summed E-state index contributed by atoms with van der Waals surface area (Å²) in [4.78, 5) is 30.5. The van der Waals surface area contributed by atoms with Gasteiger partial charge in [-0.15, -0.1) is 24.0 Å². The molecule has 0 bridgehead atoms. The number of amides is 3. The number of rotatable bonds is 9. The fraction of sp³-hybridized carbons (Fsp3) is 0.478. The molecule has 1 aliphatic rings. The van der Waals surface area contributed by atoms with E-state index >= 15 is 0 Å². The highest BCUT2D eigenvalue weighted by atomic mass is 127. The Hall–Kier alpha value is -2.63. The monoisotopic (exact) mass is 567 g/mol. The van der Waals surface area contributed by atoms with Crippen molar-refractivity contribution in [3.8, 4) is 5.69 Å². The van der Waals surface area contributed by atoms with E-state index in [0.29, 0.717) is 31.9 Å². The number of guanidine groups is 1. The molecule has 1 aromatic carbocycles. The topological polar surface area (TPSA) is 104 Å². The van der Waals surface area contributed by atoms with Crippen molar-refractivity contribution in [2.45, 2.75) is 52.1 Å². The van der Waals surface area contributed by atoms with Gasteiger partial charge >= 0.3 is 6.03 Å². The number of imide groups is 1. The highest BCUT2D eigenvalue weighted by Crippen LogP contribution is 2.21. The number of carbonyl (C=O) groups excluding carboxylic acids is 2. The van der Waals surface area contributed by atoms with Crippen molar-refractivity contribution >= 4 is 41.9 Å². The standard InChI is InChI=1S/C23H33N7O2.HI/c1-5-23(4)20(31)29(22(32)28-23)14-8-12-25-21(24-6-2)27-17(3)18-10-7-11-19(16-18)30-15-9-13-26-30;/h7,9-11,13,15-17H,5-6,8,12,14H2,1-4H3,(H,28,32)(H2,24,25,27);1H. The van der Waals surface area contributed by atoms with Gasteiger partial charge in [0.1, 0.15) is 5.54 Å². The predicted molar refractivity (Wildman–Crippen MR) is 140 cm³/mol. The maximum absolute atomic E-state index is 12.5. The van der Waals surface area contributed by atoms with E-state index in [1.54, 1.807) is 13.1 Å². The zero-order valence-corrected chi connectivity index (χ0v) is 22.0. The summed E-state index contributed by atoms with van der Waals surface area (Å²) in [5.41, 5.74) is 1.31. The molecule has 2 aromatic rings. The van der Waals surface area contributed by atoms with Crippen molar-refractivity contribution < 1.29 is 9.59 Å². The van der Waals surface area contributed by atoms with Crippen molar-refractivity contribution in [3.05, 3.63) is 48.3 Å². The van der Waals surface area contributed by atoms with Crippen LogP contribution in [0.15, 0.2) is 47.7 Å². The molecule has 9 nitrogen and oxygen atoms in total. The molecule has 33 heavy (non-hydrogen) atoms. The predicted octanol–water partition coefficient (Wildman–Crippen LogP) is 3.22. The van der Waals surface area contributed by atoms with Crippen LogP contribution < -0.4 is 16.0 Å². The molecule has 1 aliphatic heterocycles. The lowest BCUT2D eigenvalue weighted by atomic mass is 9.99. The van der Waals surface area contributed by atoms with E-state index in [2.05, 4.69) is 45.1 Å². The van der Waals surface area contributed by atoms with E-state index in [1.165, 1.54) is 4.90 Å². The number of hydrogen-bond acceptors (Lipinski definition) is 4. The maximum Gasteiger partial charge on any atom is 0.325 e. The molecular formula is C23H34IN7O2. The Kier molecular flexibility index (Phi) is 9.69. The second-order valence-electron chi connectivity index (χ2n) is 8.10. The molecule has 0 spiro atoms. The zero-order chi connectivity index (χ0) is 23.1. The Balaban J connectivity index is 0.00000385. The van der Waals surface area contributed by atoms with Crippen molar-refractivity contribution in [2.75, 3.05) is 19.6 Å². The van der Waals surface area contributed by atoms with Crippen LogP contribution in [0, 0.1) is 0 Å². The smallest absolute Gasteiger partial charge is 0.325 e. The van der Waals surface area contributed by atoms with Gasteiger partial charge < -0.3 is 16.0 Å². The number of nitrogens with one attached hydrogen (secondary N) is 3. The van der Waals surface area contributed by atoms with Gasteiger partial charge in [-0.05, 0) is 57.4 Å². The molecule has 0 radical (unpaired) electrons. The van der Waals surface area contributed by atoms with E-state index in [1.807, 2.05) is 42.9 Å². The molecule has 0 saturated carbocycles. The summed E-state index contributed by atoms with van der Waals surface area (Å²) < 4.78 is 1.83. The number of hydrogen-bond donors (Lipinski definition) is 3. The molecule has 2 unspecified atom stereocenters. The van der Waals surface area contributed by atoms with Gasteiger partial charge in [-0.2, -0.15) is 5.10 Å². The summed E-state index contributed by atoms with van der Waals surface area (Å²) in [6, 6.07) is 9.79. The lowest BCUT2D eigenvalue weighted by Gasteiger charge is -2.20. The number of urea groups is 1. The lowest BCUT2D eigenvalue weighted by molar-refractivity contribution is -0.130. The lowest BCUT2D eigenvalue weighted by Crippen LogP contribution is -2.43. The van der Waals surface area contributed by atoms with Crippen molar-refractivity contribution in [2.24, 2.45) is 4.99 Å². The minimum atomic E-state index is -0.795. The second-order valence-corrected chi connectivity index (χ2v) is 8.10. The van der Waals surface area contributed by atoms with E-state index in [9.17, 15) is 9.59 Å². The van der Waals surface area contributed by atoms with E-state index < -0.39 is 5.54 Å². The van der Waals surface area contributed by atoms with Crippen molar-refractivity contribution in [1.82, 2.24) is 30.6 Å². The van der Waals surface area contributed by atoms with Gasteiger partial charge in [0.25, 0.3) is 5.91 Å². The molecule has 2 heterocycles. The van der Waals surface area contributed by atoms with E-state index in [-0.39, 0.29) is 42.0 Å². The molecule has 1 aromatic heterocycles. The van der Waals surface area contributed by atoms with Crippen LogP contribution in [0.4, 0.5) is 4.79 Å². The third kappa shape index (κ3) is 6.46. The quantitative estimate of drug-likeness (QED) is 0.142. The average Bonchev–Trinajstić information content (AvgIpc) is 3.40. The first kappa shape index (κ1) is 26.6. The second kappa shape index (κ2) is 12.0. The first-order valence-corrected chi connectivity index (χ1v) is 11.2. The minimum absolute atomic E-state index is 0. The minimum Gasteiger partial charge on any atom is -0.357 e. The number of aromatic nitrogens is 2.